The smallest absolute Gasteiger partial charge is 0.0542 e. The van der Waals surface area contributed by atoms with Crippen molar-refractivity contribution in [3.8, 4) is 0 Å². The molecule has 1 unspecified atom stereocenters. The lowest BCUT2D eigenvalue weighted by molar-refractivity contribution is 0.243. The number of rotatable bonds is 5. The highest BCUT2D eigenvalue weighted by molar-refractivity contribution is 5.16. The number of hydrogen-bond donors (Lipinski definition) is 1. The van der Waals surface area contributed by atoms with E-state index in [0.29, 0.717) is 12.6 Å². The lowest BCUT2D eigenvalue weighted by atomic mass is 10.1. The van der Waals surface area contributed by atoms with Crippen LogP contribution >= 0.6 is 0 Å². The van der Waals surface area contributed by atoms with Gasteiger partial charge >= 0.3 is 0 Å². The minimum absolute atomic E-state index is 0.515. The second-order valence-electron chi connectivity index (χ2n) is 4.03. The summed E-state index contributed by atoms with van der Waals surface area (Å²) in [7, 11) is 2.15. The summed E-state index contributed by atoms with van der Waals surface area (Å²) in [6.45, 7) is 5.93. The lowest BCUT2D eigenvalue weighted by Gasteiger charge is -2.23. The van der Waals surface area contributed by atoms with E-state index in [0.717, 1.165) is 12.2 Å². The molecule has 0 saturated heterocycles. The Labute approximate surface area is 92.3 Å². The molecule has 0 radical (unpaired) electrons. The van der Waals surface area contributed by atoms with Crippen molar-refractivity contribution in [1.82, 2.24) is 9.88 Å². The molecule has 84 valence electrons. The molecular formula is C12H21N3. The van der Waals surface area contributed by atoms with Gasteiger partial charge in [0.05, 0.1) is 5.69 Å². The Morgan fingerprint density at radius 2 is 2.27 bits per heavy atom. The van der Waals surface area contributed by atoms with Gasteiger partial charge in [-0.25, -0.2) is 0 Å². The summed E-state index contributed by atoms with van der Waals surface area (Å²) >= 11 is 0. The minimum atomic E-state index is 0.515. The standard InChI is InChI=1S/C12H21N3/c1-4-10(2)15(3)9-11-5-6-14-12(7-11)8-13/h5-7,10H,4,8-9,13H2,1-3H3. The van der Waals surface area contributed by atoms with E-state index >= 15 is 0 Å². The molecule has 15 heavy (non-hydrogen) atoms. The lowest BCUT2D eigenvalue weighted by Crippen LogP contribution is -2.27. The van der Waals surface area contributed by atoms with Gasteiger partial charge in [0.15, 0.2) is 0 Å². The van der Waals surface area contributed by atoms with Crippen LogP contribution in [-0.4, -0.2) is 23.0 Å². The first-order chi connectivity index (χ1) is 7.17. The van der Waals surface area contributed by atoms with Gasteiger partial charge in [-0.2, -0.15) is 0 Å². The van der Waals surface area contributed by atoms with Crippen LogP contribution in [0.5, 0.6) is 0 Å². The molecule has 0 spiro atoms. The van der Waals surface area contributed by atoms with Gasteiger partial charge in [-0.1, -0.05) is 6.92 Å². The number of nitrogens with zero attached hydrogens (tertiary/aromatic N) is 2. The van der Waals surface area contributed by atoms with Crippen molar-refractivity contribution in [2.45, 2.75) is 39.4 Å². The highest BCUT2D eigenvalue weighted by atomic mass is 15.1. The molecule has 3 nitrogen and oxygen atoms in total. The predicted octanol–water partition coefficient (Wildman–Crippen LogP) is 1.77. The van der Waals surface area contributed by atoms with Gasteiger partial charge in [-0.15, -0.1) is 0 Å². The van der Waals surface area contributed by atoms with Crippen molar-refractivity contribution < 1.29 is 0 Å². The number of pyridine rings is 1. The molecule has 0 bridgehead atoms. The van der Waals surface area contributed by atoms with Crippen LogP contribution in [0.4, 0.5) is 0 Å². The topological polar surface area (TPSA) is 42.2 Å². The second-order valence-corrected chi connectivity index (χ2v) is 4.03. The van der Waals surface area contributed by atoms with Gasteiger partial charge in [0.2, 0.25) is 0 Å². The Kier molecular flexibility index (Phi) is 4.72. The Morgan fingerprint density at radius 1 is 1.53 bits per heavy atom. The third-order valence-corrected chi connectivity index (χ3v) is 2.87. The van der Waals surface area contributed by atoms with E-state index in [-0.39, 0.29) is 0 Å². The van der Waals surface area contributed by atoms with Crippen molar-refractivity contribution in [3.63, 3.8) is 0 Å². The summed E-state index contributed by atoms with van der Waals surface area (Å²) in [6.07, 6.45) is 3.01. The number of hydrogen-bond acceptors (Lipinski definition) is 3. The van der Waals surface area contributed by atoms with E-state index in [4.69, 9.17) is 5.73 Å². The van der Waals surface area contributed by atoms with E-state index in [1.165, 1.54) is 12.0 Å². The van der Waals surface area contributed by atoms with E-state index < -0.39 is 0 Å². The van der Waals surface area contributed by atoms with E-state index in [1.807, 2.05) is 6.20 Å². The molecule has 1 atom stereocenters. The Morgan fingerprint density at radius 3 is 2.87 bits per heavy atom. The van der Waals surface area contributed by atoms with Crippen LogP contribution in [0, 0.1) is 0 Å². The van der Waals surface area contributed by atoms with Gasteiger partial charge in [0.25, 0.3) is 0 Å². The fourth-order valence-corrected chi connectivity index (χ4v) is 1.49. The van der Waals surface area contributed by atoms with Gasteiger partial charge < -0.3 is 5.73 Å². The van der Waals surface area contributed by atoms with Crippen molar-refractivity contribution in [3.05, 3.63) is 29.6 Å². The quantitative estimate of drug-likeness (QED) is 0.800. The highest BCUT2D eigenvalue weighted by Crippen LogP contribution is 2.08. The van der Waals surface area contributed by atoms with Gasteiger partial charge in [0, 0.05) is 25.3 Å². The molecule has 0 aromatic carbocycles. The summed E-state index contributed by atoms with van der Waals surface area (Å²) in [5, 5.41) is 0. The summed E-state index contributed by atoms with van der Waals surface area (Å²) in [6, 6.07) is 4.75. The van der Waals surface area contributed by atoms with E-state index in [1.54, 1.807) is 0 Å². The molecule has 2 N–H and O–H groups in total. The maximum atomic E-state index is 5.56. The van der Waals surface area contributed by atoms with E-state index in [9.17, 15) is 0 Å². The Hall–Kier alpha value is -0.930. The van der Waals surface area contributed by atoms with Gasteiger partial charge in [-0.3, -0.25) is 9.88 Å². The molecule has 0 aliphatic heterocycles. The summed E-state index contributed by atoms with van der Waals surface area (Å²) in [4.78, 5) is 6.53. The van der Waals surface area contributed by atoms with Crippen LogP contribution in [0.1, 0.15) is 31.5 Å². The maximum Gasteiger partial charge on any atom is 0.0542 e. The Bertz CT molecular complexity index is 299. The van der Waals surface area contributed by atoms with Crippen LogP contribution in [0.25, 0.3) is 0 Å². The average Bonchev–Trinajstić information content (AvgIpc) is 2.28. The summed E-state index contributed by atoms with van der Waals surface area (Å²) in [5.41, 5.74) is 7.81. The fourth-order valence-electron chi connectivity index (χ4n) is 1.49. The first kappa shape index (κ1) is 12.1. The van der Waals surface area contributed by atoms with Crippen molar-refractivity contribution in [2.24, 2.45) is 5.73 Å². The molecule has 0 amide bonds. The highest BCUT2D eigenvalue weighted by Gasteiger charge is 2.07. The van der Waals surface area contributed by atoms with Crippen LogP contribution in [-0.2, 0) is 13.1 Å². The van der Waals surface area contributed by atoms with Crippen molar-refractivity contribution >= 4 is 0 Å². The van der Waals surface area contributed by atoms with Crippen molar-refractivity contribution in [1.29, 1.82) is 0 Å². The SMILES string of the molecule is CCC(C)N(C)Cc1ccnc(CN)c1. The molecule has 0 aliphatic rings. The molecular weight excluding hydrogens is 186 g/mol. The molecule has 0 fully saturated rings. The van der Waals surface area contributed by atoms with Crippen LogP contribution in [0.2, 0.25) is 0 Å². The van der Waals surface area contributed by atoms with Gasteiger partial charge in [-0.05, 0) is 38.1 Å². The van der Waals surface area contributed by atoms with E-state index in [2.05, 4.69) is 42.9 Å². The zero-order valence-corrected chi connectivity index (χ0v) is 9.90. The molecule has 1 rings (SSSR count). The summed E-state index contributed by atoms with van der Waals surface area (Å²) in [5.74, 6) is 0. The largest absolute Gasteiger partial charge is 0.325 e. The summed E-state index contributed by atoms with van der Waals surface area (Å²) < 4.78 is 0. The number of aromatic nitrogens is 1. The first-order valence-electron chi connectivity index (χ1n) is 5.51. The maximum absolute atomic E-state index is 5.56. The van der Waals surface area contributed by atoms with Crippen LogP contribution in [0.3, 0.4) is 0 Å². The number of nitrogens with two attached hydrogens (primary N) is 1. The van der Waals surface area contributed by atoms with Crippen molar-refractivity contribution in [2.75, 3.05) is 7.05 Å². The van der Waals surface area contributed by atoms with Crippen LogP contribution in [0.15, 0.2) is 18.3 Å². The molecule has 1 aromatic rings. The molecule has 3 heteroatoms. The first-order valence-corrected chi connectivity index (χ1v) is 5.51. The third-order valence-electron chi connectivity index (χ3n) is 2.87. The third kappa shape index (κ3) is 3.61. The second kappa shape index (κ2) is 5.83. The van der Waals surface area contributed by atoms with Crippen LogP contribution < -0.4 is 5.73 Å². The Balaban J connectivity index is 2.63. The molecule has 0 aliphatic carbocycles. The monoisotopic (exact) mass is 207 g/mol. The predicted molar refractivity (Wildman–Crippen MR) is 63.3 cm³/mol. The fraction of sp³-hybridized carbons (Fsp3) is 0.583. The normalized spacial score (nSPS) is 13.1. The molecule has 0 saturated carbocycles. The molecule has 1 heterocycles. The molecule has 1 aromatic heterocycles. The minimum Gasteiger partial charge on any atom is -0.325 e. The average molecular weight is 207 g/mol. The zero-order chi connectivity index (χ0) is 11.3. The zero-order valence-electron chi connectivity index (χ0n) is 9.90. The van der Waals surface area contributed by atoms with Gasteiger partial charge in [0.1, 0.15) is 0 Å².